The SMILES string of the molecule is C\C=N/N=C(C)/C=C\C(=N)C(C)C. The zero-order chi connectivity index (χ0) is 10.3. The Bertz CT molecular complexity index is 247. The second-order valence-corrected chi connectivity index (χ2v) is 3.06. The van der Waals surface area contributed by atoms with Crippen LogP contribution in [-0.4, -0.2) is 17.6 Å². The van der Waals surface area contributed by atoms with Crippen molar-refractivity contribution in [2.75, 3.05) is 0 Å². The van der Waals surface area contributed by atoms with Crippen molar-refractivity contribution in [2.45, 2.75) is 27.7 Å². The Hall–Kier alpha value is -1.25. The molecule has 13 heavy (non-hydrogen) atoms. The van der Waals surface area contributed by atoms with E-state index in [-0.39, 0.29) is 5.92 Å². The van der Waals surface area contributed by atoms with Gasteiger partial charge < -0.3 is 5.41 Å². The van der Waals surface area contributed by atoms with Crippen molar-refractivity contribution >= 4 is 17.6 Å². The van der Waals surface area contributed by atoms with Crippen molar-refractivity contribution in [3.05, 3.63) is 12.2 Å². The van der Waals surface area contributed by atoms with Gasteiger partial charge in [-0.3, -0.25) is 0 Å². The third kappa shape index (κ3) is 5.96. The lowest BCUT2D eigenvalue weighted by Gasteiger charge is -1.99. The van der Waals surface area contributed by atoms with Crippen LogP contribution >= 0.6 is 0 Å². The van der Waals surface area contributed by atoms with Crippen LogP contribution < -0.4 is 0 Å². The Kier molecular flexibility index (Phi) is 5.68. The first-order valence-corrected chi connectivity index (χ1v) is 4.36. The molecule has 0 atom stereocenters. The fourth-order valence-electron chi connectivity index (χ4n) is 0.585. The summed E-state index contributed by atoms with van der Waals surface area (Å²) in [6, 6.07) is 0. The Balaban J connectivity index is 4.19. The summed E-state index contributed by atoms with van der Waals surface area (Å²) in [7, 11) is 0. The average molecular weight is 179 g/mol. The molecule has 0 unspecified atom stereocenters. The van der Waals surface area contributed by atoms with Crippen LogP contribution in [0.15, 0.2) is 22.4 Å². The van der Waals surface area contributed by atoms with Crippen LogP contribution in [0, 0.1) is 11.3 Å². The summed E-state index contributed by atoms with van der Waals surface area (Å²) in [4.78, 5) is 0. The number of hydrogen-bond acceptors (Lipinski definition) is 3. The van der Waals surface area contributed by atoms with E-state index in [4.69, 9.17) is 5.41 Å². The van der Waals surface area contributed by atoms with Crippen molar-refractivity contribution in [3.63, 3.8) is 0 Å². The van der Waals surface area contributed by atoms with Gasteiger partial charge in [0, 0.05) is 11.9 Å². The van der Waals surface area contributed by atoms with Crippen molar-refractivity contribution in [2.24, 2.45) is 16.1 Å². The highest BCUT2D eigenvalue weighted by Crippen LogP contribution is 1.96. The van der Waals surface area contributed by atoms with E-state index in [2.05, 4.69) is 10.2 Å². The van der Waals surface area contributed by atoms with Crippen LogP contribution in [0.2, 0.25) is 0 Å². The normalized spacial score (nSPS) is 13.5. The van der Waals surface area contributed by atoms with E-state index in [1.165, 1.54) is 0 Å². The zero-order valence-electron chi connectivity index (χ0n) is 8.70. The molecule has 0 heterocycles. The smallest absolute Gasteiger partial charge is 0.0600 e. The van der Waals surface area contributed by atoms with Crippen LogP contribution in [0.4, 0.5) is 0 Å². The minimum Gasteiger partial charge on any atom is -0.305 e. The first-order valence-electron chi connectivity index (χ1n) is 4.36. The third-order valence-corrected chi connectivity index (χ3v) is 1.46. The largest absolute Gasteiger partial charge is 0.305 e. The summed E-state index contributed by atoms with van der Waals surface area (Å²) in [5.41, 5.74) is 1.42. The molecule has 0 saturated carbocycles. The van der Waals surface area contributed by atoms with E-state index in [0.717, 1.165) is 5.71 Å². The highest BCUT2D eigenvalue weighted by Gasteiger charge is 1.96. The minimum absolute atomic E-state index is 0.263. The fourth-order valence-corrected chi connectivity index (χ4v) is 0.585. The molecule has 0 radical (unpaired) electrons. The van der Waals surface area contributed by atoms with E-state index in [9.17, 15) is 0 Å². The maximum atomic E-state index is 7.53. The summed E-state index contributed by atoms with van der Waals surface area (Å²) in [5.74, 6) is 0.263. The van der Waals surface area contributed by atoms with Crippen LogP contribution in [0.1, 0.15) is 27.7 Å². The minimum atomic E-state index is 0.263. The number of nitrogens with zero attached hydrogens (tertiary/aromatic N) is 2. The summed E-state index contributed by atoms with van der Waals surface area (Å²) in [6.45, 7) is 7.65. The molecule has 0 saturated heterocycles. The summed E-state index contributed by atoms with van der Waals surface area (Å²) < 4.78 is 0. The van der Waals surface area contributed by atoms with Gasteiger partial charge in [-0.05, 0) is 31.9 Å². The van der Waals surface area contributed by atoms with Crippen molar-refractivity contribution in [1.82, 2.24) is 0 Å². The fraction of sp³-hybridized carbons (Fsp3) is 0.500. The van der Waals surface area contributed by atoms with Gasteiger partial charge in [-0.2, -0.15) is 10.2 Å². The molecular weight excluding hydrogens is 162 g/mol. The standard InChI is InChI=1S/C10H17N3/c1-5-12-13-9(4)6-7-10(11)8(2)3/h5-8,11H,1-4H3/b7-6-,11-10?,12-5-,13-9+. The topological polar surface area (TPSA) is 48.6 Å². The lowest BCUT2D eigenvalue weighted by atomic mass is 10.1. The van der Waals surface area contributed by atoms with E-state index < -0.39 is 0 Å². The van der Waals surface area contributed by atoms with Gasteiger partial charge in [-0.15, -0.1) is 0 Å². The molecule has 0 fully saturated rings. The van der Waals surface area contributed by atoms with Gasteiger partial charge in [0.15, 0.2) is 0 Å². The molecule has 0 aromatic carbocycles. The average Bonchev–Trinajstić information content (AvgIpc) is 2.10. The third-order valence-electron chi connectivity index (χ3n) is 1.46. The molecule has 0 bridgehead atoms. The number of allylic oxidation sites excluding steroid dienone is 2. The molecule has 0 aromatic rings. The number of hydrogen-bond donors (Lipinski definition) is 1. The van der Waals surface area contributed by atoms with Crippen molar-refractivity contribution in [1.29, 1.82) is 5.41 Å². The summed E-state index contributed by atoms with van der Waals surface area (Å²) in [5, 5.41) is 15.1. The predicted octanol–water partition coefficient (Wildman–Crippen LogP) is 2.68. The lowest BCUT2D eigenvalue weighted by molar-refractivity contribution is 0.882. The molecule has 0 aliphatic heterocycles. The number of nitrogens with one attached hydrogen (secondary N) is 1. The van der Waals surface area contributed by atoms with Gasteiger partial charge in [0.1, 0.15) is 0 Å². The van der Waals surface area contributed by atoms with Crippen molar-refractivity contribution < 1.29 is 0 Å². The van der Waals surface area contributed by atoms with E-state index >= 15 is 0 Å². The van der Waals surface area contributed by atoms with E-state index in [1.807, 2.05) is 27.7 Å². The Morgan fingerprint density at radius 2 is 1.92 bits per heavy atom. The molecule has 0 aliphatic carbocycles. The first-order chi connectivity index (χ1) is 6.07. The Morgan fingerprint density at radius 3 is 2.38 bits per heavy atom. The van der Waals surface area contributed by atoms with Gasteiger partial charge in [0.05, 0.1) is 5.71 Å². The highest BCUT2D eigenvalue weighted by atomic mass is 15.2. The maximum Gasteiger partial charge on any atom is 0.0600 e. The highest BCUT2D eigenvalue weighted by molar-refractivity contribution is 6.01. The Labute approximate surface area is 79.8 Å². The molecule has 3 heteroatoms. The first kappa shape index (κ1) is 11.8. The molecule has 72 valence electrons. The van der Waals surface area contributed by atoms with Gasteiger partial charge in [0.25, 0.3) is 0 Å². The zero-order valence-corrected chi connectivity index (χ0v) is 8.70. The van der Waals surface area contributed by atoms with Crippen molar-refractivity contribution in [3.8, 4) is 0 Å². The number of rotatable bonds is 4. The maximum absolute atomic E-state index is 7.53. The van der Waals surface area contributed by atoms with Crippen LogP contribution in [0.25, 0.3) is 0 Å². The molecule has 1 N–H and O–H groups in total. The van der Waals surface area contributed by atoms with Gasteiger partial charge >= 0.3 is 0 Å². The predicted molar refractivity (Wildman–Crippen MR) is 59.0 cm³/mol. The molecule has 0 aliphatic rings. The summed E-state index contributed by atoms with van der Waals surface area (Å²) >= 11 is 0. The summed E-state index contributed by atoms with van der Waals surface area (Å²) in [6.07, 6.45) is 5.19. The molecule has 0 aromatic heterocycles. The van der Waals surface area contributed by atoms with Gasteiger partial charge in [-0.1, -0.05) is 13.8 Å². The second kappa shape index (κ2) is 6.29. The van der Waals surface area contributed by atoms with E-state index in [0.29, 0.717) is 5.71 Å². The van der Waals surface area contributed by atoms with Crippen LogP contribution in [-0.2, 0) is 0 Å². The second-order valence-electron chi connectivity index (χ2n) is 3.06. The van der Waals surface area contributed by atoms with Gasteiger partial charge in [-0.25, -0.2) is 0 Å². The quantitative estimate of drug-likeness (QED) is 0.509. The molecular formula is C10H17N3. The van der Waals surface area contributed by atoms with E-state index in [1.54, 1.807) is 18.4 Å². The molecule has 0 amide bonds. The van der Waals surface area contributed by atoms with Gasteiger partial charge in [0.2, 0.25) is 0 Å². The molecule has 3 nitrogen and oxygen atoms in total. The van der Waals surface area contributed by atoms with Crippen LogP contribution in [0.3, 0.4) is 0 Å². The monoisotopic (exact) mass is 179 g/mol. The molecule has 0 spiro atoms. The Morgan fingerprint density at radius 1 is 1.31 bits per heavy atom. The van der Waals surface area contributed by atoms with Crippen LogP contribution in [0.5, 0.6) is 0 Å². The molecule has 0 rings (SSSR count). The lowest BCUT2D eigenvalue weighted by Crippen LogP contribution is -2.01.